The van der Waals surface area contributed by atoms with Crippen molar-refractivity contribution < 1.29 is 4.79 Å². The van der Waals surface area contributed by atoms with Gasteiger partial charge >= 0.3 is 0 Å². The van der Waals surface area contributed by atoms with E-state index in [9.17, 15) is 4.79 Å². The Morgan fingerprint density at radius 1 is 1.44 bits per heavy atom. The smallest absolute Gasteiger partial charge is 0.248 e. The van der Waals surface area contributed by atoms with E-state index in [-0.39, 0.29) is 0 Å². The zero-order valence-electron chi connectivity index (χ0n) is 10.9. The summed E-state index contributed by atoms with van der Waals surface area (Å²) >= 11 is 0. The van der Waals surface area contributed by atoms with Crippen LogP contribution in [0.5, 0.6) is 0 Å². The maximum absolute atomic E-state index is 11.0. The van der Waals surface area contributed by atoms with Crippen molar-refractivity contribution in [3.05, 3.63) is 29.3 Å². The van der Waals surface area contributed by atoms with Crippen molar-refractivity contribution in [3.8, 4) is 0 Å². The van der Waals surface area contributed by atoms with Crippen LogP contribution in [0.4, 0.5) is 5.69 Å². The first-order chi connectivity index (χ1) is 8.56. The second-order valence-electron chi connectivity index (χ2n) is 5.27. The van der Waals surface area contributed by atoms with Gasteiger partial charge in [0.05, 0.1) is 0 Å². The summed E-state index contributed by atoms with van der Waals surface area (Å²) in [6.07, 6.45) is 4.06. The van der Waals surface area contributed by atoms with Crippen molar-refractivity contribution >= 4 is 11.6 Å². The van der Waals surface area contributed by atoms with E-state index < -0.39 is 5.91 Å². The molecule has 4 heteroatoms. The van der Waals surface area contributed by atoms with Gasteiger partial charge in [0.1, 0.15) is 0 Å². The van der Waals surface area contributed by atoms with E-state index in [0.717, 1.165) is 24.6 Å². The monoisotopic (exact) mass is 247 g/mol. The van der Waals surface area contributed by atoms with Crippen LogP contribution in [0.25, 0.3) is 0 Å². The number of anilines is 1. The fraction of sp³-hybridized carbons (Fsp3) is 0.500. The molecular weight excluding hydrogens is 226 g/mol. The first-order valence-corrected chi connectivity index (χ1v) is 6.43. The standard InChI is InChI=1S/C14H21N3O/c1-17(8-10-3-2-4-10)9-12-6-5-11(14(16)18)7-13(12)15/h5-7,10H,2-4,8-9,15H2,1H3,(H2,16,18). The van der Waals surface area contributed by atoms with Gasteiger partial charge in [0.25, 0.3) is 0 Å². The number of hydrogen-bond donors (Lipinski definition) is 2. The molecule has 1 saturated carbocycles. The second-order valence-corrected chi connectivity index (χ2v) is 5.27. The topological polar surface area (TPSA) is 72.3 Å². The number of hydrogen-bond acceptors (Lipinski definition) is 3. The number of carbonyl (C=O) groups is 1. The maximum atomic E-state index is 11.0. The van der Waals surface area contributed by atoms with Gasteiger partial charge in [0, 0.05) is 24.3 Å². The van der Waals surface area contributed by atoms with Crippen molar-refractivity contribution in [1.29, 1.82) is 0 Å². The van der Waals surface area contributed by atoms with Crippen LogP contribution in [-0.2, 0) is 6.54 Å². The molecule has 0 aliphatic heterocycles. The predicted octanol–water partition coefficient (Wildman–Crippen LogP) is 1.60. The van der Waals surface area contributed by atoms with E-state index in [1.165, 1.54) is 19.3 Å². The Bertz CT molecular complexity index is 441. The lowest BCUT2D eigenvalue weighted by atomic mass is 9.85. The van der Waals surface area contributed by atoms with Crippen LogP contribution in [0.3, 0.4) is 0 Å². The van der Waals surface area contributed by atoms with Crippen LogP contribution in [0.15, 0.2) is 18.2 Å². The molecule has 1 aromatic rings. The first kappa shape index (κ1) is 12.9. The van der Waals surface area contributed by atoms with Crippen molar-refractivity contribution in [2.45, 2.75) is 25.8 Å². The number of nitrogens with zero attached hydrogens (tertiary/aromatic N) is 1. The third kappa shape index (κ3) is 3.01. The summed E-state index contributed by atoms with van der Waals surface area (Å²) in [5.74, 6) is 0.414. The van der Waals surface area contributed by atoms with Crippen LogP contribution in [-0.4, -0.2) is 24.4 Å². The van der Waals surface area contributed by atoms with Crippen LogP contribution in [0.1, 0.15) is 35.2 Å². The predicted molar refractivity (Wildman–Crippen MR) is 73.0 cm³/mol. The summed E-state index contributed by atoms with van der Waals surface area (Å²) < 4.78 is 0. The summed E-state index contributed by atoms with van der Waals surface area (Å²) in [5, 5.41) is 0. The van der Waals surface area contributed by atoms with Gasteiger partial charge in [-0.2, -0.15) is 0 Å². The molecule has 0 bridgehead atoms. The Hall–Kier alpha value is -1.55. The summed E-state index contributed by atoms with van der Waals surface area (Å²) in [6.45, 7) is 1.94. The van der Waals surface area contributed by atoms with E-state index in [1.54, 1.807) is 12.1 Å². The minimum atomic E-state index is -0.434. The molecule has 0 spiro atoms. The molecule has 4 nitrogen and oxygen atoms in total. The molecule has 18 heavy (non-hydrogen) atoms. The second kappa shape index (κ2) is 5.40. The fourth-order valence-corrected chi connectivity index (χ4v) is 2.36. The van der Waals surface area contributed by atoms with Crippen LogP contribution >= 0.6 is 0 Å². The number of primary amides is 1. The van der Waals surface area contributed by atoms with Gasteiger partial charge in [-0.05, 0) is 43.5 Å². The molecule has 0 aromatic heterocycles. The molecular formula is C14H21N3O. The van der Waals surface area contributed by atoms with Crippen molar-refractivity contribution in [3.63, 3.8) is 0 Å². The van der Waals surface area contributed by atoms with Crippen molar-refractivity contribution in [2.24, 2.45) is 11.7 Å². The van der Waals surface area contributed by atoms with Gasteiger partial charge in [-0.25, -0.2) is 0 Å². The summed E-state index contributed by atoms with van der Waals surface area (Å²) in [4.78, 5) is 13.3. The molecule has 1 fully saturated rings. The lowest BCUT2D eigenvalue weighted by Crippen LogP contribution is -2.29. The SMILES string of the molecule is CN(Cc1ccc(C(N)=O)cc1N)CC1CCC1. The summed E-state index contributed by atoms with van der Waals surface area (Å²) in [7, 11) is 2.11. The highest BCUT2D eigenvalue weighted by Crippen LogP contribution is 2.27. The average Bonchev–Trinajstić information content (AvgIpc) is 2.26. The first-order valence-electron chi connectivity index (χ1n) is 6.43. The molecule has 0 atom stereocenters. The number of amides is 1. The molecule has 4 N–H and O–H groups in total. The fourth-order valence-electron chi connectivity index (χ4n) is 2.36. The highest BCUT2D eigenvalue weighted by Gasteiger charge is 2.19. The van der Waals surface area contributed by atoms with Crippen molar-refractivity contribution in [1.82, 2.24) is 4.90 Å². The number of carbonyl (C=O) groups excluding carboxylic acids is 1. The molecule has 1 amide bonds. The Morgan fingerprint density at radius 3 is 2.67 bits per heavy atom. The molecule has 1 aliphatic rings. The molecule has 2 rings (SSSR count). The Kier molecular flexibility index (Phi) is 3.87. The average molecular weight is 247 g/mol. The molecule has 0 unspecified atom stereocenters. The highest BCUT2D eigenvalue weighted by atomic mass is 16.1. The van der Waals surface area contributed by atoms with Gasteiger partial charge in [0.15, 0.2) is 0 Å². The largest absolute Gasteiger partial charge is 0.398 e. The zero-order valence-corrected chi connectivity index (χ0v) is 10.9. The van der Waals surface area contributed by atoms with Crippen LogP contribution in [0.2, 0.25) is 0 Å². The van der Waals surface area contributed by atoms with Gasteiger partial charge in [-0.3, -0.25) is 4.79 Å². The molecule has 0 heterocycles. The number of nitrogen functional groups attached to an aromatic ring is 1. The zero-order chi connectivity index (χ0) is 13.1. The Labute approximate surface area is 108 Å². The van der Waals surface area contributed by atoms with E-state index >= 15 is 0 Å². The third-order valence-electron chi connectivity index (χ3n) is 3.67. The number of rotatable bonds is 5. The number of benzene rings is 1. The Balaban J connectivity index is 1.97. The van der Waals surface area contributed by atoms with Crippen LogP contribution < -0.4 is 11.5 Å². The van der Waals surface area contributed by atoms with Crippen LogP contribution in [0, 0.1) is 5.92 Å². The molecule has 0 radical (unpaired) electrons. The molecule has 1 aliphatic carbocycles. The van der Waals surface area contributed by atoms with E-state index in [4.69, 9.17) is 11.5 Å². The van der Waals surface area contributed by atoms with Crippen molar-refractivity contribution in [2.75, 3.05) is 19.3 Å². The summed E-state index contributed by atoms with van der Waals surface area (Å²) in [5.41, 5.74) is 13.3. The van der Waals surface area contributed by atoms with E-state index in [1.807, 2.05) is 6.07 Å². The minimum Gasteiger partial charge on any atom is -0.398 e. The lowest BCUT2D eigenvalue weighted by molar-refractivity contribution is 0.100. The van der Waals surface area contributed by atoms with Gasteiger partial charge in [-0.1, -0.05) is 12.5 Å². The maximum Gasteiger partial charge on any atom is 0.248 e. The lowest BCUT2D eigenvalue weighted by Gasteiger charge is -2.30. The molecule has 0 saturated heterocycles. The normalized spacial score (nSPS) is 15.7. The highest BCUT2D eigenvalue weighted by molar-refractivity contribution is 5.93. The van der Waals surface area contributed by atoms with Gasteiger partial charge in [-0.15, -0.1) is 0 Å². The van der Waals surface area contributed by atoms with Gasteiger partial charge in [0.2, 0.25) is 5.91 Å². The molecule has 1 aromatic carbocycles. The van der Waals surface area contributed by atoms with E-state index in [2.05, 4.69) is 11.9 Å². The van der Waals surface area contributed by atoms with Gasteiger partial charge < -0.3 is 16.4 Å². The number of nitrogens with two attached hydrogens (primary N) is 2. The summed E-state index contributed by atoms with van der Waals surface area (Å²) in [6, 6.07) is 5.30. The third-order valence-corrected chi connectivity index (χ3v) is 3.67. The molecule has 98 valence electrons. The van der Waals surface area contributed by atoms with E-state index in [0.29, 0.717) is 11.3 Å². The quantitative estimate of drug-likeness (QED) is 0.776. The minimum absolute atomic E-state index is 0.434. The Morgan fingerprint density at radius 2 is 2.17 bits per heavy atom.